The maximum absolute atomic E-state index is 11.1. The molecule has 0 radical (unpaired) electrons. The van der Waals surface area contributed by atoms with Crippen molar-refractivity contribution in [2.24, 2.45) is 5.73 Å². The highest BCUT2D eigenvalue weighted by molar-refractivity contribution is 5.87. The number of nitrogens with two attached hydrogens (primary N) is 1. The van der Waals surface area contributed by atoms with Gasteiger partial charge in [-0.25, -0.2) is 4.79 Å². The zero-order valence-corrected chi connectivity index (χ0v) is 9.53. The molecule has 0 bridgehead atoms. The van der Waals surface area contributed by atoms with E-state index in [4.69, 9.17) is 5.73 Å². The third-order valence-corrected chi connectivity index (χ3v) is 2.71. The molecule has 15 heavy (non-hydrogen) atoms. The fourth-order valence-electron chi connectivity index (χ4n) is 1.77. The van der Waals surface area contributed by atoms with Crippen molar-refractivity contribution in [1.82, 2.24) is 4.90 Å². The molecule has 1 rings (SSSR count). The molecule has 1 heterocycles. The standard InChI is InChI=1S/C11H20N2O2/c1-9(11(14)15-2)5-7-13-6-3-4-10(12)8-13/h5,10H,3-4,6-8,12H2,1-2H3. The lowest BCUT2D eigenvalue weighted by atomic mass is 10.1. The summed E-state index contributed by atoms with van der Waals surface area (Å²) in [6.45, 7) is 4.55. The van der Waals surface area contributed by atoms with Crippen molar-refractivity contribution >= 4 is 5.97 Å². The lowest BCUT2D eigenvalue weighted by Crippen LogP contribution is -2.42. The summed E-state index contributed by atoms with van der Waals surface area (Å²) in [5.74, 6) is -0.253. The molecule has 1 fully saturated rings. The van der Waals surface area contributed by atoms with Crippen LogP contribution in [0.2, 0.25) is 0 Å². The topological polar surface area (TPSA) is 55.6 Å². The van der Waals surface area contributed by atoms with Gasteiger partial charge in [0.2, 0.25) is 0 Å². The number of ether oxygens (including phenoxy) is 1. The Morgan fingerprint density at radius 3 is 3.00 bits per heavy atom. The number of methoxy groups -OCH3 is 1. The Labute approximate surface area is 91.1 Å². The van der Waals surface area contributed by atoms with E-state index in [0.29, 0.717) is 5.57 Å². The molecule has 0 aromatic rings. The zero-order chi connectivity index (χ0) is 11.3. The molecule has 1 aliphatic rings. The maximum Gasteiger partial charge on any atom is 0.333 e. The quantitative estimate of drug-likeness (QED) is 0.547. The average molecular weight is 212 g/mol. The third kappa shape index (κ3) is 4.01. The number of hydrogen-bond acceptors (Lipinski definition) is 4. The number of esters is 1. The first kappa shape index (κ1) is 12.2. The summed E-state index contributed by atoms with van der Waals surface area (Å²) in [4.78, 5) is 13.4. The lowest BCUT2D eigenvalue weighted by Gasteiger charge is -2.29. The van der Waals surface area contributed by atoms with Gasteiger partial charge in [0.1, 0.15) is 0 Å². The van der Waals surface area contributed by atoms with Gasteiger partial charge in [0.25, 0.3) is 0 Å². The van der Waals surface area contributed by atoms with Crippen LogP contribution in [0.4, 0.5) is 0 Å². The molecule has 4 heteroatoms. The predicted octanol–water partition coefficient (Wildman–Crippen LogP) is 0.529. The Morgan fingerprint density at radius 2 is 2.40 bits per heavy atom. The molecule has 86 valence electrons. The molecule has 0 spiro atoms. The number of carbonyl (C=O) groups is 1. The Hall–Kier alpha value is -0.870. The highest BCUT2D eigenvalue weighted by atomic mass is 16.5. The van der Waals surface area contributed by atoms with Crippen molar-refractivity contribution in [3.63, 3.8) is 0 Å². The van der Waals surface area contributed by atoms with Gasteiger partial charge in [-0.1, -0.05) is 6.08 Å². The Morgan fingerprint density at radius 1 is 1.67 bits per heavy atom. The molecule has 0 amide bonds. The first-order chi connectivity index (χ1) is 7.13. The monoisotopic (exact) mass is 212 g/mol. The van der Waals surface area contributed by atoms with E-state index >= 15 is 0 Å². The van der Waals surface area contributed by atoms with Crippen LogP contribution in [-0.2, 0) is 9.53 Å². The van der Waals surface area contributed by atoms with Crippen LogP contribution in [0.3, 0.4) is 0 Å². The summed E-state index contributed by atoms with van der Waals surface area (Å²) in [5, 5.41) is 0. The lowest BCUT2D eigenvalue weighted by molar-refractivity contribution is -0.136. The highest BCUT2D eigenvalue weighted by Crippen LogP contribution is 2.08. The molecule has 0 saturated carbocycles. The van der Waals surface area contributed by atoms with E-state index in [1.807, 2.05) is 6.08 Å². The molecule has 1 aliphatic heterocycles. The van der Waals surface area contributed by atoms with Crippen LogP contribution >= 0.6 is 0 Å². The summed E-state index contributed by atoms with van der Waals surface area (Å²) in [6, 6.07) is 0.283. The van der Waals surface area contributed by atoms with Crippen LogP contribution in [0.1, 0.15) is 19.8 Å². The summed E-state index contributed by atoms with van der Waals surface area (Å²) in [7, 11) is 1.40. The van der Waals surface area contributed by atoms with Crippen LogP contribution in [0.5, 0.6) is 0 Å². The molecular weight excluding hydrogens is 192 g/mol. The molecule has 0 aliphatic carbocycles. The van der Waals surface area contributed by atoms with Gasteiger partial charge in [-0.2, -0.15) is 0 Å². The van der Waals surface area contributed by atoms with Crippen LogP contribution in [-0.4, -0.2) is 43.7 Å². The molecule has 0 aromatic carbocycles. The summed E-state index contributed by atoms with van der Waals surface area (Å²) in [5.41, 5.74) is 6.53. The van der Waals surface area contributed by atoms with E-state index in [9.17, 15) is 4.79 Å². The molecule has 1 saturated heterocycles. The van der Waals surface area contributed by atoms with Crippen molar-refractivity contribution in [3.05, 3.63) is 11.6 Å². The minimum atomic E-state index is -0.253. The molecular formula is C11H20N2O2. The first-order valence-electron chi connectivity index (χ1n) is 5.36. The van der Waals surface area contributed by atoms with E-state index in [-0.39, 0.29) is 12.0 Å². The van der Waals surface area contributed by atoms with E-state index < -0.39 is 0 Å². The van der Waals surface area contributed by atoms with Crippen molar-refractivity contribution in [2.75, 3.05) is 26.7 Å². The number of piperidine rings is 1. The van der Waals surface area contributed by atoms with Crippen molar-refractivity contribution < 1.29 is 9.53 Å². The Balaban J connectivity index is 2.38. The smallest absolute Gasteiger partial charge is 0.333 e. The number of rotatable bonds is 3. The van der Waals surface area contributed by atoms with E-state index in [2.05, 4.69) is 9.64 Å². The Kier molecular flexibility index (Phi) is 4.78. The van der Waals surface area contributed by atoms with Crippen LogP contribution in [0.15, 0.2) is 11.6 Å². The zero-order valence-electron chi connectivity index (χ0n) is 9.53. The summed E-state index contributed by atoms with van der Waals surface area (Å²) >= 11 is 0. The number of nitrogens with zero attached hydrogens (tertiary/aromatic N) is 1. The first-order valence-corrected chi connectivity index (χ1v) is 5.36. The Bertz CT molecular complexity index is 251. The van der Waals surface area contributed by atoms with Crippen LogP contribution in [0, 0.1) is 0 Å². The van der Waals surface area contributed by atoms with Crippen LogP contribution < -0.4 is 5.73 Å². The number of likely N-dealkylation sites (tertiary alicyclic amines) is 1. The number of carbonyl (C=O) groups excluding carboxylic acids is 1. The molecule has 1 atom stereocenters. The van der Waals surface area contributed by atoms with Gasteiger partial charge >= 0.3 is 5.97 Å². The second-order valence-electron chi connectivity index (χ2n) is 4.04. The van der Waals surface area contributed by atoms with Gasteiger partial charge in [0.15, 0.2) is 0 Å². The van der Waals surface area contributed by atoms with Gasteiger partial charge < -0.3 is 10.5 Å². The second kappa shape index (κ2) is 5.88. The van der Waals surface area contributed by atoms with E-state index in [0.717, 1.165) is 32.5 Å². The van der Waals surface area contributed by atoms with E-state index in [1.165, 1.54) is 7.11 Å². The number of hydrogen-bond donors (Lipinski definition) is 1. The van der Waals surface area contributed by atoms with Crippen molar-refractivity contribution in [3.8, 4) is 0 Å². The summed E-state index contributed by atoms with van der Waals surface area (Å²) in [6.07, 6.45) is 4.16. The normalized spacial score (nSPS) is 23.9. The molecule has 4 nitrogen and oxygen atoms in total. The maximum atomic E-state index is 11.1. The minimum Gasteiger partial charge on any atom is -0.466 e. The fraction of sp³-hybridized carbons (Fsp3) is 0.727. The molecule has 0 aromatic heterocycles. The molecule has 1 unspecified atom stereocenters. The minimum absolute atomic E-state index is 0.253. The predicted molar refractivity (Wildman–Crippen MR) is 59.4 cm³/mol. The van der Waals surface area contributed by atoms with Gasteiger partial charge in [-0.15, -0.1) is 0 Å². The summed E-state index contributed by atoms with van der Waals surface area (Å²) < 4.78 is 4.62. The second-order valence-corrected chi connectivity index (χ2v) is 4.04. The fourth-order valence-corrected chi connectivity index (χ4v) is 1.77. The van der Waals surface area contributed by atoms with Crippen LogP contribution in [0.25, 0.3) is 0 Å². The van der Waals surface area contributed by atoms with Gasteiger partial charge in [0, 0.05) is 24.7 Å². The van der Waals surface area contributed by atoms with Gasteiger partial charge in [0.05, 0.1) is 7.11 Å². The van der Waals surface area contributed by atoms with Gasteiger partial charge in [-0.05, 0) is 26.3 Å². The average Bonchev–Trinajstić information content (AvgIpc) is 2.25. The largest absolute Gasteiger partial charge is 0.466 e. The highest BCUT2D eigenvalue weighted by Gasteiger charge is 2.15. The SMILES string of the molecule is COC(=O)C(C)=CCN1CCCC(N)C1. The van der Waals surface area contributed by atoms with Crippen molar-refractivity contribution in [1.29, 1.82) is 0 Å². The van der Waals surface area contributed by atoms with E-state index in [1.54, 1.807) is 6.92 Å². The molecule has 2 N–H and O–H groups in total. The van der Waals surface area contributed by atoms with Crippen molar-refractivity contribution in [2.45, 2.75) is 25.8 Å². The van der Waals surface area contributed by atoms with Gasteiger partial charge in [-0.3, -0.25) is 4.90 Å². The third-order valence-electron chi connectivity index (χ3n) is 2.71.